The van der Waals surface area contributed by atoms with Crippen molar-refractivity contribution in [2.24, 2.45) is 0 Å². The van der Waals surface area contributed by atoms with Crippen LogP contribution in [0.2, 0.25) is 0 Å². The van der Waals surface area contributed by atoms with Crippen molar-refractivity contribution in [3.8, 4) is 5.82 Å². The van der Waals surface area contributed by atoms with Crippen LogP contribution in [0.5, 0.6) is 0 Å². The summed E-state index contributed by atoms with van der Waals surface area (Å²) in [6.07, 6.45) is 8.19. The highest BCUT2D eigenvalue weighted by atomic mass is 32.2. The highest BCUT2D eigenvalue weighted by molar-refractivity contribution is 7.98. The van der Waals surface area contributed by atoms with E-state index in [2.05, 4.69) is 24.9 Å². The molecule has 0 spiro atoms. The Morgan fingerprint density at radius 1 is 1.00 bits per heavy atom. The molecular formula is C17H11N7OS. The molecular weight excluding hydrogens is 350 g/mol. The maximum absolute atomic E-state index is 13.2. The molecule has 0 aliphatic heterocycles. The van der Waals surface area contributed by atoms with Gasteiger partial charge in [-0.2, -0.15) is 4.52 Å². The summed E-state index contributed by atoms with van der Waals surface area (Å²) in [5.41, 5.74) is 1.47. The average molecular weight is 361 g/mol. The third-order valence-corrected chi connectivity index (χ3v) is 4.67. The smallest absolute Gasteiger partial charge is 0.266 e. The van der Waals surface area contributed by atoms with Crippen molar-refractivity contribution in [3.05, 3.63) is 59.4 Å². The molecule has 5 rings (SSSR count). The summed E-state index contributed by atoms with van der Waals surface area (Å²) >= 11 is 1.41. The monoisotopic (exact) mass is 361 g/mol. The number of rotatable bonds is 2. The van der Waals surface area contributed by atoms with Gasteiger partial charge >= 0.3 is 0 Å². The van der Waals surface area contributed by atoms with Gasteiger partial charge in [0, 0.05) is 24.0 Å². The Morgan fingerprint density at radius 2 is 1.88 bits per heavy atom. The van der Waals surface area contributed by atoms with Crippen molar-refractivity contribution < 1.29 is 0 Å². The standard InChI is InChI=1S/C17H11N7OS/c1-26-17-20-8-11-14(22-17)21-15-10-4-2-3-5-12(10)23(24(15)16(11)25)13-9-18-6-7-19-13/h2-9H,1H3. The van der Waals surface area contributed by atoms with Crippen LogP contribution in [0, 0.1) is 0 Å². The summed E-state index contributed by atoms with van der Waals surface area (Å²) in [6.45, 7) is 0. The Kier molecular flexibility index (Phi) is 3.22. The number of hydrogen-bond donors (Lipinski definition) is 0. The van der Waals surface area contributed by atoms with Gasteiger partial charge in [-0.05, 0) is 18.4 Å². The zero-order valence-corrected chi connectivity index (χ0v) is 14.4. The highest BCUT2D eigenvalue weighted by Gasteiger charge is 2.18. The molecule has 0 fully saturated rings. The minimum absolute atomic E-state index is 0.250. The minimum atomic E-state index is -0.250. The minimum Gasteiger partial charge on any atom is -0.266 e. The normalized spacial score (nSPS) is 11.6. The van der Waals surface area contributed by atoms with Crippen LogP contribution >= 0.6 is 11.8 Å². The zero-order valence-electron chi connectivity index (χ0n) is 13.6. The molecule has 26 heavy (non-hydrogen) atoms. The van der Waals surface area contributed by atoms with Crippen molar-refractivity contribution in [3.63, 3.8) is 0 Å². The summed E-state index contributed by atoms with van der Waals surface area (Å²) in [5, 5.41) is 1.76. The van der Waals surface area contributed by atoms with E-state index in [1.165, 1.54) is 22.5 Å². The molecule has 9 heteroatoms. The predicted molar refractivity (Wildman–Crippen MR) is 98.8 cm³/mol. The second-order valence-electron chi connectivity index (χ2n) is 5.54. The molecule has 0 amide bonds. The van der Waals surface area contributed by atoms with Gasteiger partial charge in [0.15, 0.2) is 22.3 Å². The number of fused-ring (bicyclic) bond motifs is 4. The number of hydrogen-bond acceptors (Lipinski definition) is 7. The van der Waals surface area contributed by atoms with E-state index in [1.54, 1.807) is 23.3 Å². The summed E-state index contributed by atoms with van der Waals surface area (Å²) in [6, 6.07) is 7.66. The fraction of sp³-hybridized carbons (Fsp3) is 0.0588. The first kappa shape index (κ1) is 15.0. The van der Waals surface area contributed by atoms with Gasteiger partial charge in [-0.15, -0.1) is 0 Å². The van der Waals surface area contributed by atoms with Crippen molar-refractivity contribution >= 4 is 39.3 Å². The van der Waals surface area contributed by atoms with Gasteiger partial charge < -0.3 is 0 Å². The lowest BCUT2D eigenvalue weighted by Gasteiger charge is -2.06. The number of nitrogens with zero attached hydrogens (tertiary/aromatic N) is 7. The molecule has 0 unspecified atom stereocenters. The Hall–Kier alpha value is -3.33. The lowest BCUT2D eigenvalue weighted by molar-refractivity contribution is 0.766. The zero-order chi connectivity index (χ0) is 17.7. The maximum Gasteiger partial charge on any atom is 0.284 e. The first-order chi connectivity index (χ1) is 12.8. The third-order valence-electron chi connectivity index (χ3n) is 4.10. The molecule has 0 bridgehead atoms. The summed E-state index contributed by atoms with van der Waals surface area (Å²) in [4.78, 5) is 34.9. The quantitative estimate of drug-likeness (QED) is 0.351. The molecule has 0 saturated heterocycles. The Labute approximate surface area is 150 Å². The Morgan fingerprint density at radius 3 is 2.69 bits per heavy atom. The van der Waals surface area contributed by atoms with Crippen LogP contribution in [0.1, 0.15) is 0 Å². The number of benzene rings is 1. The lowest BCUT2D eigenvalue weighted by atomic mass is 10.2. The van der Waals surface area contributed by atoms with E-state index >= 15 is 0 Å². The van der Waals surface area contributed by atoms with Gasteiger partial charge in [0.05, 0.1) is 11.7 Å². The maximum atomic E-state index is 13.2. The molecule has 5 aromatic rings. The van der Waals surface area contributed by atoms with E-state index in [-0.39, 0.29) is 5.56 Å². The fourth-order valence-electron chi connectivity index (χ4n) is 2.99. The summed E-state index contributed by atoms with van der Waals surface area (Å²) in [5.74, 6) is 0.531. The van der Waals surface area contributed by atoms with Crippen LogP contribution in [0.25, 0.3) is 33.4 Å². The summed E-state index contributed by atoms with van der Waals surface area (Å²) < 4.78 is 3.22. The van der Waals surface area contributed by atoms with E-state index in [9.17, 15) is 4.79 Å². The highest BCUT2D eigenvalue weighted by Crippen LogP contribution is 2.23. The lowest BCUT2D eigenvalue weighted by Crippen LogP contribution is -2.22. The Bertz CT molecular complexity index is 1340. The molecule has 0 saturated carbocycles. The van der Waals surface area contributed by atoms with Gasteiger partial charge in [-0.3, -0.25) is 9.78 Å². The van der Waals surface area contributed by atoms with Crippen molar-refractivity contribution in [1.82, 2.24) is 34.1 Å². The largest absolute Gasteiger partial charge is 0.284 e. The topological polar surface area (TPSA) is 90.9 Å². The van der Waals surface area contributed by atoms with E-state index in [0.29, 0.717) is 27.7 Å². The first-order valence-electron chi connectivity index (χ1n) is 7.77. The molecule has 126 valence electrons. The molecule has 0 N–H and O–H groups in total. The first-order valence-corrected chi connectivity index (χ1v) is 9.00. The number of para-hydroxylation sites is 1. The van der Waals surface area contributed by atoms with E-state index in [4.69, 9.17) is 0 Å². The molecule has 0 aliphatic carbocycles. The van der Waals surface area contributed by atoms with Crippen LogP contribution in [-0.4, -0.2) is 40.4 Å². The third kappa shape index (κ3) is 2.04. The molecule has 4 aromatic heterocycles. The van der Waals surface area contributed by atoms with Crippen LogP contribution in [-0.2, 0) is 0 Å². The molecule has 4 heterocycles. The van der Waals surface area contributed by atoms with Crippen molar-refractivity contribution in [1.29, 1.82) is 0 Å². The van der Waals surface area contributed by atoms with Crippen LogP contribution in [0.3, 0.4) is 0 Å². The van der Waals surface area contributed by atoms with E-state index in [1.807, 2.05) is 30.5 Å². The number of aromatic nitrogens is 7. The SMILES string of the molecule is CSc1ncc2c(=O)n3c(nc2n1)c1ccccc1n3-c1cnccn1. The molecule has 8 nitrogen and oxygen atoms in total. The predicted octanol–water partition coefficient (Wildman–Crippen LogP) is 2.09. The Balaban J connectivity index is 2.03. The average Bonchev–Trinajstić information content (AvgIpc) is 3.03. The van der Waals surface area contributed by atoms with Crippen LogP contribution in [0.15, 0.2) is 59.0 Å². The van der Waals surface area contributed by atoms with Gasteiger partial charge in [0.25, 0.3) is 5.56 Å². The molecule has 0 aliphatic rings. The van der Waals surface area contributed by atoms with Gasteiger partial charge in [-0.1, -0.05) is 23.9 Å². The fourth-order valence-corrected chi connectivity index (χ4v) is 3.33. The van der Waals surface area contributed by atoms with Gasteiger partial charge in [-0.25, -0.2) is 24.6 Å². The molecule has 0 atom stereocenters. The van der Waals surface area contributed by atoms with Gasteiger partial charge in [0.1, 0.15) is 5.39 Å². The van der Waals surface area contributed by atoms with Crippen molar-refractivity contribution in [2.45, 2.75) is 5.16 Å². The summed E-state index contributed by atoms with van der Waals surface area (Å²) in [7, 11) is 0. The second kappa shape index (κ2) is 5.60. The second-order valence-corrected chi connectivity index (χ2v) is 6.31. The molecule has 1 aromatic carbocycles. The number of thioether (sulfide) groups is 1. The van der Waals surface area contributed by atoms with Gasteiger partial charge in [0.2, 0.25) is 0 Å². The molecule has 0 radical (unpaired) electrons. The van der Waals surface area contributed by atoms with Crippen molar-refractivity contribution in [2.75, 3.05) is 6.26 Å². The van der Waals surface area contributed by atoms with Crippen LogP contribution < -0.4 is 5.56 Å². The van der Waals surface area contributed by atoms with Crippen LogP contribution in [0.4, 0.5) is 0 Å². The van der Waals surface area contributed by atoms with E-state index < -0.39 is 0 Å². The van der Waals surface area contributed by atoms with E-state index in [0.717, 1.165) is 10.9 Å².